The van der Waals surface area contributed by atoms with E-state index in [4.69, 9.17) is 33.2 Å². The van der Waals surface area contributed by atoms with E-state index in [0.717, 1.165) is 11.3 Å². The third-order valence-electron chi connectivity index (χ3n) is 2.80. The van der Waals surface area contributed by atoms with Gasteiger partial charge < -0.3 is 10.1 Å². The van der Waals surface area contributed by atoms with E-state index in [1.54, 1.807) is 37.4 Å². The second-order valence-corrected chi connectivity index (χ2v) is 4.97. The van der Waals surface area contributed by atoms with E-state index >= 15 is 0 Å². The molecule has 0 aliphatic heterocycles. The second-order valence-electron chi connectivity index (χ2n) is 4.12. The molecule has 0 amide bonds. The van der Waals surface area contributed by atoms with E-state index in [1.165, 1.54) is 0 Å². The molecule has 0 fully saturated rings. The van der Waals surface area contributed by atoms with Crippen molar-refractivity contribution in [1.82, 2.24) is 0 Å². The van der Waals surface area contributed by atoms with E-state index in [2.05, 4.69) is 11.4 Å². The van der Waals surface area contributed by atoms with Crippen LogP contribution in [0.25, 0.3) is 0 Å². The number of methoxy groups -OCH3 is 1. The van der Waals surface area contributed by atoms with Crippen LogP contribution in [0.1, 0.15) is 11.1 Å². The molecule has 0 aliphatic carbocycles. The Morgan fingerprint density at radius 3 is 2.70 bits per heavy atom. The van der Waals surface area contributed by atoms with Gasteiger partial charge in [-0.1, -0.05) is 29.3 Å². The highest BCUT2D eigenvalue weighted by atomic mass is 35.5. The summed E-state index contributed by atoms with van der Waals surface area (Å²) in [6, 6.07) is 12.8. The first kappa shape index (κ1) is 14.5. The van der Waals surface area contributed by atoms with E-state index in [1.807, 2.05) is 6.07 Å². The number of hydrogen-bond donors (Lipinski definition) is 1. The zero-order chi connectivity index (χ0) is 14.5. The fraction of sp³-hybridized carbons (Fsp3) is 0.133. The SMILES string of the molecule is COc1ccc(CNc2cc(Cl)ccc2Cl)cc1C#N. The zero-order valence-corrected chi connectivity index (χ0v) is 12.3. The van der Waals surface area contributed by atoms with Gasteiger partial charge in [0.2, 0.25) is 0 Å². The van der Waals surface area contributed by atoms with Crippen LogP contribution in [-0.4, -0.2) is 7.11 Å². The Morgan fingerprint density at radius 2 is 2.00 bits per heavy atom. The number of nitrogens with one attached hydrogen (secondary N) is 1. The summed E-state index contributed by atoms with van der Waals surface area (Å²) in [5.41, 5.74) is 2.22. The average Bonchev–Trinajstić information content (AvgIpc) is 2.47. The topological polar surface area (TPSA) is 45.0 Å². The molecule has 0 atom stereocenters. The fourth-order valence-corrected chi connectivity index (χ4v) is 2.14. The van der Waals surface area contributed by atoms with E-state index in [0.29, 0.717) is 27.9 Å². The quantitative estimate of drug-likeness (QED) is 0.905. The van der Waals surface area contributed by atoms with Gasteiger partial charge >= 0.3 is 0 Å². The van der Waals surface area contributed by atoms with Crippen LogP contribution >= 0.6 is 23.2 Å². The monoisotopic (exact) mass is 306 g/mol. The van der Waals surface area contributed by atoms with E-state index < -0.39 is 0 Å². The Balaban J connectivity index is 2.15. The van der Waals surface area contributed by atoms with Gasteiger partial charge in [0.1, 0.15) is 11.8 Å². The van der Waals surface area contributed by atoms with Crippen molar-refractivity contribution < 1.29 is 4.74 Å². The molecule has 2 aromatic carbocycles. The maximum absolute atomic E-state index is 9.05. The zero-order valence-electron chi connectivity index (χ0n) is 10.8. The minimum absolute atomic E-state index is 0.504. The molecule has 2 rings (SSSR count). The van der Waals surface area contributed by atoms with Crippen LogP contribution in [0.15, 0.2) is 36.4 Å². The van der Waals surface area contributed by atoms with Crippen LogP contribution in [0.5, 0.6) is 5.75 Å². The molecule has 0 aromatic heterocycles. The Kier molecular flexibility index (Phi) is 4.73. The molecule has 0 unspecified atom stereocenters. The van der Waals surface area contributed by atoms with Crippen LogP contribution in [0, 0.1) is 11.3 Å². The van der Waals surface area contributed by atoms with E-state index in [9.17, 15) is 0 Å². The predicted molar refractivity (Wildman–Crippen MR) is 81.5 cm³/mol. The fourth-order valence-electron chi connectivity index (χ4n) is 1.78. The molecule has 0 saturated heterocycles. The van der Waals surface area contributed by atoms with Crippen LogP contribution in [0.4, 0.5) is 5.69 Å². The van der Waals surface area contributed by atoms with Crippen molar-refractivity contribution >= 4 is 28.9 Å². The highest BCUT2D eigenvalue weighted by Gasteiger charge is 2.05. The van der Waals surface area contributed by atoms with Crippen molar-refractivity contribution in [2.24, 2.45) is 0 Å². The average molecular weight is 307 g/mol. The lowest BCUT2D eigenvalue weighted by molar-refractivity contribution is 0.413. The molecule has 0 radical (unpaired) electrons. The van der Waals surface area contributed by atoms with Gasteiger partial charge in [0.15, 0.2) is 0 Å². The Hall–Kier alpha value is -1.89. The molecular formula is C15H12Cl2N2O. The van der Waals surface area contributed by atoms with Gasteiger partial charge in [0.25, 0.3) is 0 Å². The van der Waals surface area contributed by atoms with Gasteiger partial charge in [-0.3, -0.25) is 0 Å². The minimum atomic E-state index is 0.504. The molecular weight excluding hydrogens is 295 g/mol. The smallest absolute Gasteiger partial charge is 0.136 e. The van der Waals surface area contributed by atoms with Crippen LogP contribution in [0.2, 0.25) is 10.0 Å². The maximum atomic E-state index is 9.05. The normalized spacial score (nSPS) is 9.90. The van der Waals surface area contributed by atoms with Gasteiger partial charge in [-0.25, -0.2) is 0 Å². The highest BCUT2D eigenvalue weighted by molar-refractivity contribution is 6.35. The van der Waals surface area contributed by atoms with Crippen molar-refractivity contribution in [2.45, 2.75) is 6.54 Å². The van der Waals surface area contributed by atoms with Crippen molar-refractivity contribution in [3.63, 3.8) is 0 Å². The standard InChI is InChI=1S/C15H12Cl2N2O/c1-20-15-5-2-10(6-11(15)8-18)9-19-14-7-12(16)3-4-13(14)17/h2-7,19H,9H2,1H3. The molecule has 0 bridgehead atoms. The summed E-state index contributed by atoms with van der Waals surface area (Å²) in [6.07, 6.45) is 0. The van der Waals surface area contributed by atoms with Crippen molar-refractivity contribution in [1.29, 1.82) is 5.26 Å². The summed E-state index contributed by atoms with van der Waals surface area (Å²) in [7, 11) is 1.54. The van der Waals surface area contributed by atoms with Crippen LogP contribution < -0.4 is 10.1 Å². The first-order valence-electron chi connectivity index (χ1n) is 5.90. The van der Waals surface area contributed by atoms with Gasteiger partial charge in [-0.15, -0.1) is 0 Å². The largest absolute Gasteiger partial charge is 0.495 e. The Bertz CT molecular complexity index is 665. The summed E-state index contributed by atoms with van der Waals surface area (Å²) in [5, 5.41) is 13.5. The number of rotatable bonds is 4. The van der Waals surface area contributed by atoms with Crippen molar-refractivity contribution in [3.05, 3.63) is 57.6 Å². The number of ether oxygens (including phenoxy) is 1. The molecule has 5 heteroatoms. The first-order chi connectivity index (χ1) is 9.63. The Morgan fingerprint density at radius 1 is 1.20 bits per heavy atom. The first-order valence-corrected chi connectivity index (χ1v) is 6.65. The maximum Gasteiger partial charge on any atom is 0.136 e. The number of nitriles is 1. The Labute approximate surface area is 127 Å². The molecule has 0 aliphatic rings. The number of anilines is 1. The molecule has 0 heterocycles. The molecule has 2 aromatic rings. The number of hydrogen-bond acceptors (Lipinski definition) is 3. The van der Waals surface area contributed by atoms with Crippen molar-refractivity contribution in [3.8, 4) is 11.8 Å². The summed E-state index contributed by atoms with van der Waals surface area (Å²) in [5.74, 6) is 0.567. The van der Waals surface area contributed by atoms with Gasteiger partial charge in [0.05, 0.1) is 23.4 Å². The molecule has 102 valence electrons. The number of benzene rings is 2. The summed E-state index contributed by atoms with van der Waals surface area (Å²) >= 11 is 12.0. The number of nitrogens with zero attached hydrogens (tertiary/aromatic N) is 1. The second kappa shape index (κ2) is 6.51. The predicted octanol–water partition coefficient (Wildman–Crippen LogP) is 4.49. The molecule has 0 spiro atoms. The van der Waals surface area contributed by atoms with Gasteiger partial charge in [-0.2, -0.15) is 5.26 Å². The molecule has 1 N–H and O–H groups in total. The lowest BCUT2D eigenvalue weighted by atomic mass is 10.1. The lowest BCUT2D eigenvalue weighted by Crippen LogP contribution is -2.01. The third kappa shape index (κ3) is 3.36. The van der Waals surface area contributed by atoms with Crippen LogP contribution in [-0.2, 0) is 6.54 Å². The van der Waals surface area contributed by atoms with Crippen molar-refractivity contribution in [2.75, 3.05) is 12.4 Å². The summed E-state index contributed by atoms with van der Waals surface area (Å²) < 4.78 is 5.11. The summed E-state index contributed by atoms with van der Waals surface area (Å²) in [4.78, 5) is 0. The van der Waals surface area contributed by atoms with Gasteiger partial charge in [-0.05, 0) is 35.9 Å². The molecule has 0 saturated carbocycles. The lowest BCUT2D eigenvalue weighted by Gasteiger charge is -2.10. The minimum Gasteiger partial charge on any atom is -0.495 e. The summed E-state index contributed by atoms with van der Waals surface area (Å²) in [6.45, 7) is 0.540. The van der Waals surface area contributed by atoms with E-state index in [-0.39, 0.29) is 0 Å². The molecule has 20 heavy (non-hydrogen) atoms. The highest BCUT2D eigenvalue weighted by Crippen LogP contribution is 2.26. The van der Waals surface area contributed by atoms with Gasteiger partial charge in [0, 0.05) is 11.6 Å². The third-order valence-corrected chi connectivity index (χ3v) is 3.36. The number of halogens is 2. The van der Waals surface area contributed by atoms with Crippen LogP contribution in [0.3, 0.4) is 0 Å². The molecule has 3 nitrogen and oxygen atoms in total.